The molecule has 138 valence electrons. The minimum atomic E-state index is 0.0188. The molecule has 0 spiro atoms. The Morgan fingerprint density at radius 2 is 1.86 bits per heavy atom. The van der Waals surface area contributed by atoms with Crippen molar-refractivity contribution in [2.45, 2.75) is 20.3 Å². The molecule has 28 heavy (non-hydrogen) atoms. The summed E-state index contributed by atoms with van der Waals surface area (Å²) in [5.74, 6) is 0.0188. The Labute approximate surface area is 167 Å². The van der Waals surface area contributed by atoms with E-state index in [1.807, 2.05) is 13.0 Å². The fourth-order valence-electron chi connectivity index (χ4n) is 3.05. The van der Waals surface area contributed by atoms with Gasteiger partial charge >= 0.3 is 0 Å². The number of pyridine rings is 1. The number of aryl methyl sites for hydroxylation is 2. The standard InChI is InChI=1S/C22H18N4OS/c1-14-3-4-16(22-6-8-26-28-22)9-19(14)20-13-24-17(12-25-20)10-21(27)18-5-7-23-11-15(18)2/h3-9,11-13H,10H2,1-2H3. The first-order valence-corrected chi connectivity index (χ1v) is 9.66. The molecule has 0 aliphatic heterocycles. The predicted molar refractivity (Wildman–Crippen MR) is 110 cm³/mol. The molecule has 0 unspecified atom stereocenters. The van der Waals surface area contributed by atoms with E-state index in [9.17, 15) is 4.79 Å². The lowest BCUT2D eigenvalue weighted by molar-refractivity contribution is 0.0991. The van der Waals surface area contributed by atoms with Crippen LogP contribution in [-0.4, -0.2) is 25.1 Å². The van der Waals surface area contributed by atoms with Gasteiger partial charge in [-0.1, -0.05) is 12.1 Å². The maximum atomic E-state index is 12.5. The van der Waals surface area contributed by atoms with Crippen LogP contribution in [0.4, 0.5) is 0 Å². The van der Waals surface area contributed by atoms with Crippen LogP contribution in [0.15, 0.2) is 61.3 Å². The topological polar surface area (TPSA) is 68.6 Å². The monoisotopic (exact) mass is 386 g/mol. The Morgan fingerprint density at radius 3 is 2.57 bits per heavy atom. The third-order valence-electron chi connectivity index (χ3n) is 4.60. The highest BCUT2D eigenvalue weighted by atomic mass is 32.1. The highest BCUT2D eigenvalue weighted by Gasteiger charge is 2.12. The van der Waals surface area contributed by atoms with Crippen LogP contribution in [0.1, 0.15) is 27.2 Å². The van der Waals surface area contributed by atoms with E-state index in [1.165, 1.54) is 11.5 Å². The zero-order valence-electron chi connectivity index (χ0n) is 15.6. The summed E-state index contributed by atoms with van der Waals surface area (Å²) in [6.07, 6.45) is 8.77. The summed E-state index contributed by atoms with van der Waals surface area (Å²) in [6, 6.07) is 10.0. The van der Waals surface area contributed by atoms with Crippen LogP contribution in [0, 0.1) is 13.8 Å². The molecule has 0 N–H and O–H groups in total. The van der Waals surface area contributed by atoms with Crippen molar-refractivity contribution in [3.05, 3.63) is 83.7 Å². The molecule has 0 fully saturated rings. The first kappa shape index (κ1) is 18.1. The van der Waals surface area contributed by atoms with E-state index in [0.717, 1.165) is 32.8 Å². The first-order valence-electron chi connectivity index (χ1n) is 8.88. The fraction of sp³-hybridized carbons (Fsp3) is 0.136. The third-order valence-corrected chi connectivity index (χ3v) is 5.40. The number of Topliss-reactive ketones (excluding diaryl/α,β-unsaturated/α-hetero) is 1. The largest absolute Gasteiger partial charge is 0.294 e. The van der Waals surface area contributed by atoms with Crippen molar-refractivity contribution >= 4 is 17.3 Å². The van der Waals surface area contributed by atoms with E-state index in [0.29, 0.717) is 11.3 Å². The van der Waals surface area contributed by atoms with Crippen molar-refractivity contribution in [2.24, 2.45) is 0 Å². The highest BCUT2D eigenvalue weighted by molar-refractivity contribution is 7.09. The summed E-state index contributed by atoms with van der Waals surface area (Å²) >= 11 is 1.47. The number of nitrogens with zero attached hydrogens (tertiary/aromatic N) is 4. The second-order valence-corrected chi connectivity index (χ2v) is 7.42. The molecule has 4 rings (SSSR count). The summed E-state index contributed by atoms with van der Waals surface area (Å²) in [4.78, 5) is 26.7. The average molecular weight is 386 g/mol. The summed E-state index contributed by atoms with van der Waals surface area (Å²) < 4.78 is 4.17. The van der Waals surface area contributed by atoms with Gasteiger partial charge in [-0.15, -0.1) is 0 Å². The van der Waals surface area contributed by atoms with Gasteiger partial charge in [-0.05, 0) is 60.3 Å². The van der Waals surface area contributed by atoms with Crippen molar-refractivity contribution < 1.29 is 4.79 Å². The molecule has 4 aromatic rings. The molecule has 3 aromatic heterocycles. The van der Waals surface area contributed by atoms with Gasteiger partial charge in [-0.3, -0.25) is 19.7 Å². The van der Waals surface area contributed by atoms with Crippen LogP contribution in [-0.2, 0) is 6.42 Å². The van der Waals surface area contributed by atoms with Crippen molar-refractivity contribution in [3.63, 3.8) is 0 Å². The molecule has 0 saturated carbocycles. The van der Waals surface area contributed by atoms with Gasteiger partial charge in [0, 0.05) is 35.9 Å². The van der Waals surface area contributed by atoms with E-state index in [4.69, 9.17) is 0 Å². The van der Waals surface area contributed by atoms with E-state index < -0.39 is 0 Å². The van der Waals surface area contributed by atoms with Gasteiger partial charge in [0.2, 0.25) is 0 Å². The van der Waals surface area contributed by atoms with E-state index in [1.54, 1.807) is 37.1 Å². The molecule has 0 saturated heterocycles. The number of carbonyl (C=O) groups excluding carboxylic acids is 1. The quantitative estimate of drug-likeness (QED) is 0.465. The predicted octanol–water partition coefficient (Wildman–Crippen LogP) is 4.70. The molecule has 0 aliphatic carbocycles. The number of ketones is 1. The number of hydrogen-bond acceptors (Lipinski definition) is 6. The number of benzene rings is 1. The van der Waals surface area contributed by atoms with E-state index in [-0.39, 0.29) is 12.2 Å². The van der Waals surface area contributed by atoms with Crippen LogP contribution in [0.25, 0.3) is 21.7 Å². The van der Waals surface area contributed by atoms with Gasteiger partial charge in [-0.25, -0.2) is 4.37 Å². The fourth-order valence-corrected chi connectivity index (χ4v) is 3.64. The summed E-state index contributed by atoms with van der Waals surface area (Å²) in [5.41, 5.74) is 6.25. The maximum Gasteiger partial charge on any atom is 0.169 e. The molecule has 0 radical (unpaired) electrons. The van der Waals surface area contributed by atoms with Crippen molar-refractivity contribution in [1.82, 2.24) is 19.3 Å². The minimum Gasteiger partial charge on any atom is -0.294 e. The molecule has 0 aliphatic rings. The number of rotatable bonds is 5. The van der Waals surface area contributed by atoms with Crippen molar-refractivity contribution in [3.8, 4) is 21.7 Å². The first-order chi connectivity index (χ1) is 13.6. The molecule has 0 bridgehead atoms. The number of carbonyl (C=O) groups is 1. The van der Waals surface area contributed by atoms with Crippen LogP contribution in [0.2, 0.25) is 0 Å². The Bertz CT molecular complexity index is 1120. The van der Waals surface area contributed by atoms with Crippen molar-refractivity contribution in [2.75, 3.05) is 0 Å². The summed E-state index contributed by atoms with van der Waals surface area (Å²) in [7, 11) is 0. The van der Waals surface area contributed by atoms with Gasteiger partial charge < -0.3 is 0 Å². The lowest BCUT2D eigenvalue weighted by atomic mass is 10.0. The maximum absolute atomic E-state index is 12.5. The lowest BCUT2D eigenvalue weighted by Crippen LogP contribution is -2.07. The molecule has 6 heteroatoms. The zero-order chi connectivity index (χ0) is 19.5. The van der Waals surface area contributed by atoms with Gasteiger partial charge in [0.1, 0.15) is 0 Å². The highest BCUT2D eigenvalue weighted by Crippen LogP contribution is 2.29. The van der Waals surface area contributed by atoms with Crippen LogP contribution < -0.4 is 0 Å². The van der Waals surface area contributed by atoms with Gasteiger partial charge in [0.15, 0.2) is 5.78 Å². The van der Waals surface area contributed by atoms with Crippen LogP contribution in [0.3, 0.4) is 0 Å². The summed E-state index contributed by atoms with van der Waals surface area (Å²) in [5, 5.41) is 0. The molecular formula is C22H18N4OS. The normalized spacial score (nSPS) is 10.8. The zero-order valence-corrected chi connectivity index (χ0v) is 16.4. The van der Waals surface area contributed by atoms with Crippen LogP contribution >= 0.6 is 11.5 Å². The van der Waals surface area contributed by atoms with Gasteiger partial charge in [0.25, 0.3) is 0 Å². The average Bonchev–Trinajstić information content (AvgIpc) is 3.24. The minimum absolute atomic E-state index is 0.0188. The third kappa shape index (κ3) is 3.73. The Morgan fingerprint density at radius 1 is 0.964 bits per heavy atom. The molecular weight excluding hydrogens is 368 g/mol. The second-order valence-electron chi connectivity index (χ2n) is 6.59. The molecule has 0 amide bonds. The second kappa shape index (κ2) is 7.78. The van der Waals surface area contributed by atoms with Gasteiger partial charge in [0.05, 0.1) is 28.9 Å². The summed E-state index contributed by atoms with van der Waals surface area (Å²) in [6.45, 7) is 3.94. The Balaban J connectivity index is 1.58. The van der Waals surface area contributed by atoms with E-state index >= 15 is 0 Å². The van der Waals surface area contributed by atoms with E-state index in [2.05, 4.69) is 44.4 Å². The Hall–Kier alpha value is -3.25. The number of aromatic nitrogens is 4. The molecule has 0 atom stereocenters. The van der Waals surface area contributed by atoms with Crippen molar-refractivity contribution in [1.29, 1.82) is 0 Å². The smallest absolute Gasteiger partial charge is 0.169 e. The van der Waals surface area contributed by atoms with Crippen LogP contribution in [0.5, 0.6) is 0 Å². The van der Waals surface area contributed by atoms with Gasteiger partial charge in [-0.2, -0.15) is 0 Å². The SMILES string of the molecule is Cc1cnccc1C(=O)Cc1cnc(-c2cc(-c3ccns3)ccc2C)cn1. The Kier molecular flexibility index (Phi) is 5.04. The lowest BCUT2D eigenvalue weighted by Gasteiger charge is -2.08. The molecule has 1 aromatic carbocycles. The molecule has 3 heterocycles. The molecule has 5 nitrogen and oxygen atoms in total. The number of hydrogen-bond donors (Lipinski definition) is 0.